The van der Waals surface area contributed by atoms with Crippen LogP contribution in [0.3, 0.4) is 0 Å². The van der Waals surface area contributed by atoms with Crippen molar-refractivity contribution in [1.82, 2.24) is 14.8 Å². The molecule has 7 nitrogen and oxygen atoms in total. The molecule has 2 heterocycles. The van der Waals surface area contributed by atoms with E-state index in [-0.39, 0.29) is 17.2 Å². The van der Waals surface area contributed by atoms with E-state index in [1.807, 2.05) is 0 Å². The van der Waals surface area contributed by atoms with E-state index >= 15 is 0 Å². The van der Waals surface area contributed by atoms with Gasteiger partial charge >= 0.3 is 6.18 Å². The second-order valence-corrected chi connectivity index (χ2v) is 10.7. The molecule has 4 rings (SSSR count). The summed E-state index contributed by atoms with van der Waals surface area (Å²) in [5.74, 6) is -0.0136. The van der Waals surface area contributed by atoms with E-state index in [0.29, 0.717) is 61.4 Å². The number of alkyl halides is 3. The van der Waals surface area contributed by atoms with E-state index in [1.165, 1.54) is 19.1 Å². The highest BCUT2D eigenvalue weighted by Gasteiger charge is 2.34. The van der Waals surface area contributed by atoms with Crippen LogP contribution >= 0.6 is 0 Å². The van der Waals surface area contributed by atoms with Crippen molar-refractivity contribution in [2.24, 2.45) is 5.92 Å². The summed E-state index contributed by atoms with van der Waals surface area (Å²) in [5.41, 5.74) is 0.303. The SMILES string of the molecule is Cc1c([C@@H](C)NC(=O)c2cn(C3CCOCC3)c(=O)cc2NCC2CC(N(C)C)C2)cccc1C(F)(F)F. The molecule has 10 heteroatoms. The summed E-state index contributed by atoms with van der Waals surface area (Å²) >= 11 is 0. The lowest BCUT2D eigenvalue weighted by molar-refractivity contribution is -0.138. The summed E-state index contributed by atoms with van der Waals surface area (Å²) in [5, 5.41) is 6.18. The number of hydrogen-bond donors (Lipinski definition) is 2. The fraction of sp³-hybridized carbons (Fsp3) is 0.571. The molecule has 0 spiro atoms. The van der Waals surface area contributed by atoms with Crippen molar-refractivity contribution in [1.29, 1.82) is 0 Å². The third-order valence-electron chi connectivity index (χ3n) is 7.93. The minimum atomic E-state index is -4.48. The van der Waals surface area contributed by atoms with Crippen LogP contribution < -0.4 is 16.2 Å². The first-order chi connectivity index (χ1) is 18.0. The molecule has 1 atom stereocenters. The predicted octanol–water partition coefficient (Wildman–Crippen LogP) is 4.77. The Labute approximate surface area is 221 Å². The Bertz CT molecular complexity index is 1200. The molecule has 1 aliphatic heterocycles. The molecule has 1 aliphatic carbocycles. The molecule has 0 bridgehead atoms. The number of halogens is 3. The normalized spacial score (nSPS) is 21.2. The number of anilines is 1. The Morgan fingerprint density at radius 2 is 1.89 bits per heavy atom. The maximum Gasteiger partial charge on any atom is 0.416 e. The van der Waals surface area contributed by atoms with E-state index in [4.69, 9.17) is 4.74 Å². The van der Waals surface area contributed by atoms with Crippen LogP contribution in [0.2, 0.25) is 0 Å². The molecule has 1 saturated carbocycles. The van der Waals surface area contributed by atoms with Crippen molar-refractivity contribution in [3.63, 3.8) is 0 Å². The van der Waals surface area contributed by atoms with Gasteiger partial charge in [-0.25, -0.2) is 0 Å². The van der Waals surface area contributed by atoms with Gasteiger partial charge in [0, 0.05) is 44.1 Å². The lowest BCUT2D eigenvalue weighted by Gasteiger charge is -2.40. The molecule has 1 amide bonds. The molecule has 2 aliphatic rings. The second-order valence-electron chi connectivity index (χ2n) is 10.7. The largest absolute Gasteiger partial charge is 0.416 e. The minimum absolute atomic E-state index is 0.0764. The van der Waals surface area contributed by atoms with Gasteiger partial charge in [-0.05, 0) is 76.7 Å². The van der Waals surface area contributed by atoms with E-state index in [0.717, 1.165) is 18.9 Å². The number of aromatic nitrogens is 1. The standard InChI is InChI=1S/C28H37F3N4O3/c1-17-22(6-5-7-24(17)28(29,30)31)18(2)33-27(37)23-16-35(20-8-10-38-11-9-20)26(36)14-25(23)32-15-19-12-21(13-19)34(3)4/h5-7,14,16,18-21,32H,8-13,15H2,1-4H3,(H,33,37)/t18-,19?,21?/m1/s1. The highest BCUT2D eigenvalue weighted by atomic mass is 19.4. The fourth-order valence-electron chi connectivity index (χ4n) is 5.45. The monoisotopic (exact) mass is 534 g/mol. The molecule has 38 heavy (non-hydrogen) atoms. The quantitative estimate of drug-likeness (QED) is 0.511. The van der Waals surface area contributed by atoms with Crippen LogP contribution in [0.25, 0.3) is 0 Å². The smallest absolute Gasteiger partial charge is 0.384 e. The number of carbonyl (C=O) groups excluding carboxylic acids is 1. The molecule has 208 valence electrons. The Balaban J connectivity index is 1.58. The number of rotatable bonds is 8. The number of ether oxygens (including phenoxy) is 1. The zero-order chi connectivity index (χ0) is 27.6. The third kappa shape index (κ3) is 6.23. The molecule has 1 aromatic carbocycles. The van der Waals surface area contributed by atoms with E-state index in [2.05, 4.69) is 29.6 Å². The molecular weight excluding hydrogens is 497 g/mol. The summed E-state index contributed by atoms with van der Waals surface area (Å²) in [6.45, 7) is 4.79. The predicted molar refractivity (Wildman–Crippen MR) is 141 cm³/mol. The number of amides is 1. The summed E-state index contributed by atoms with van der Waals surface area (Å²) in [4.78, 5) is 28.8. The zero-order valence-electron chi connectivity index (χ0n) is 22.4. The van der Waals surface area contributed by atoms with Crippen LogP contribution in [-0.4, -0.2) is 55.3 Å². The fourth-order valence-corrected chi connectivity index (χ4v) is 5.45. The maximum absolute atomic E-state index is 13.5. The lowest BCUT2D eigenvalue weighted by atomic mass is 9.79. The van der Waals surface area contributed by atoms with Crippen LogP contribution in [0.5, 0.6) is 0 Å². The van der Waals surface area contributed by atoms with Crippen molar-refractivity contribution < 1.29 is 22.7 Å². The summed E-state index contributed by atoms with van der Waals surface area (Å²) in [7, 11) is 4.11. The Morgan fingerprint density at radius 1 is 1.21 bits per heavy atom. The average Bonchev–Trinajstić information content (AvgIpc) is 2.82. The second kappa shape index (κ2) is 11.5. The molecule has 2 aromatic rings. The van der Waals surface area contributed by atoms with Gasteiger partial charge < -0.3 is 24.8 Å². The Kier molecular flexibility index (Phi) is 8.52. The molecule has 0 unspecified atom stereocenters. The zero-order valence-corrected chi connectivity index (χ0v) is 22.4. The summed E-state index contributed by atoms with van der Waals surface area (Å²) in [6, 6.07) is 5.23. The number of nitrogens with one attached hydrogen (secondary N) is 2. The van der Waals surface area contributed by atoms with E-state index < -0.39 is 23.7 Å². The van der Waals surface area contributed by atoms with E-state index in [1.54, 1.807) is 23.8 Å². The van der Waals surface area contributed by atoms with Crippen molar-refractivity contribution in [3.8, 4) is 0 Å². The van der Waals surface area contributed by atoms with Gasteiger partial charge in [-0.1, -0.05) is 12.1 Å². The Hall–Kier alpha value is -2.85. The number of hydrogen-bond acceptors (Lipinski definition) is 5. The van der Waals surface area contributed by atoms with Gasteiger partial charge in [0.15, 0.2) is 0 Å². The summed E-state index contributed by atoms with van der Waals surface area (Å²) < 4.78 is 47.4. The molecule has 1 aromatic heterocycles. The van der Waals surface area contributed by atoms with Gasteiger partial charge in [-0.3, -0.25) is 9.59 Å². The van der Waals surface area contributed by atoms with Gasteiger partial charge in [-0.15, -0.1) is 0 Å². The van der Waals surface area contributed by atoms with Crippen LogP contribution in [0.4, 0.5) is 18.9 Å². The van der Waals surface area contributed by atoms with Gasteiger partial charge in [0.25, 0.3) is 11.5 Å². The first-order valence-corrected chi connectivity index (χ1v) is 13.2. The van der Waals surface area contributed by atoms with E-state index in [9.17, 15) is 22.8 Å². The van der Waals surface area contributed by atoms with Crippen molar-refractivity contribution in [2.45, 2.75) is 63.8 Å². The first kappa shape index (κ1) is 28.2. The Morgan fingerprint density at radius 3 is 2.53 bits per heavy atom. The van der Waals surface area contributed by atoms with Gasteiger partial charge in [0.1, 0.15) is 0 Å². The minimum Gasteiger partial charge on any atom is -0.384 e. The topological polar surface area (TPSA) is 75.6 Å². The lowest BCUT2D eigenvalue weighted by Crippen LogP contribution is -2.43. The highest BCUT2D eigenvalue weighted by Crippen LogP contribution is 2.35. The van der Waals surface area contributed by atoms with Gasteiger partial charge in [0.2, 0.25) is 0 Å². The summed E-state index contributed by atoms with van der Waals surface area (Å²) in [6.07, 6.45) is 0.514. The highest BCUT2D eigenvalue weighted by molar-refractivity contribution is 5.99. The van der Waals surface area contributed by atoms with Crippen molar-refractivity contribution in [2.75, 3.05) is 39.2 Å². The first-order valence-electron chi connectivity index (χ1n) is 13.2. The average molecular weight is 535 g/mol. The van der Waals surface area contributed by atoms with Gasteiger partial charge in [-0.2, -0.15) is 13.2 Å². The van der Waals surface area contributed by atoms with Crippen LogP contribution in [-0.2, 0) is 10.9 Å². The molecule has 2 fully saturated rings. The number of carbonyl (C=O) groups is 1. The number of nitrogens with zero attached hydrogens (tertiary/aromatic N) is 2. The van der Waals surface area contributed by atoms with Crippen LogP contribution in [0.15, 0.2) is 35.3 Å². The molecule has 0 radical (unpaired) electrons. The number of benzene rings is 1. The molecule has 1 saturated heterocycles. The van der Waals surface area contributed by atoms with Crippen LogP contribution in [0.1, 0.15) is 71.7 Å². The molecular formula is C28H37F3N4O3. The maximum atomic E-state index is 13.5. The van der Waals surface area contributed by atoms with Gasteiger partial charge in [0.05, 0.1) is 22.9 Å². The third-order valence-corrected chi connectivity index (χ3v) is 7.93. The van der Waals surface area contributed by atoms with Crippen molar-refractivity contribution >= 4 is 11.6 Å². The molecule has 2 N–H and O–H groups in total. The number of pyridine rings is 1. The van der Waals surface area contributed by atoms with Crippen LogP contribution in [0, 0.1) is 12.8 Å². The van der Waals surface area contributed by atoms with Crippen molar-refractivity contribution in [3.05, 3.63) is 63.1 Å².